The summed E-state index contributed by atoms with van der Waals surface area (Å²) in [5.41, 5.74) is 0.911. The number of hydrogen-bond donors (Lipinski definition) is 2. The SMILES string of the molecule is Cc1nnc(SCC(=O)Nc2ncc(Cc3ccc(F)cc3)s2)[nH]c1=O. The second-order valence-corrected chi connectivity index (χ2v) is 7.40. The molecule has 7 nitrogen and oxygen atoms in total. The van der Waals surface area contributed by atoms with E-state index in [1.165, 1.54) is 23.5 Å². The molecule has 2 N–H and O–H groups in total. The van der Waals surface area contributed by atoms with Gasteiger partial charge >= 0.3 is 0 Å². The van der Waals surface area contributed by atoms with Gasteiger partial charge in [0.2, 0.25) is 5.91 Å². The first-order valence-electron chi connectivity index (χ1n) is 7.55. The predicted octanol–water partition coefficient (Wildman–Crippen LogP) is 2.39. The molecule has 2 aromatic heterocycles. The minimum Gasteiger partial charge on any atom is -0.301 e. The molecule has 10 heteroatoms. The van der Waals surface area contributed by atoms with Crippen molar-refractivity contribution in [2.24, 2.45) is 0 Å². The number of thiazole rings is 1. The zero-order chi connectivity index (χ0) is 18.5. The number of nitrogens with zero attached hydrogens (tertiary/aromatic N) is 3. The minimum atomic E-state index is -0.326. The van der Waals surface area contributed by atoms with Gasteiger partial charge in [0.1, 0.15) is 11.5 Å². The Bertz CT molecular complexity index is 971. The van der Waals surface area contributed by atoms with Crippen molar-refractivity contribution in [3.05, 3.63) is 62.8 Å². The Kier molecular flexibility index (Phi) is 5.74. The number of anilines is 1. The van der Waals surface area contributed by atoms with E-state index in [0.717, 1.165) is 22.2 Å². The number of carbonyl (C=O) groups excluding carboxylic acids is 1. The number of aryl methyl sites for hydroxylation is 1. The zero-order valence-electron chi connectivity index (χ0n) is 13.7. The first kappa shape index (κ1) is 18.2. The smallest absolute Gasteiger partial charge is 0.273 e. The average Bonchev–Trinajstić information content (AvgIpc) is 3.05. The molecule has 0 atom stereocenters. The molecule has 2 heterocycles. The number of aromatic amines is 1. The van der Waals surface area contributed by atoms with Gasteiger partial charge in [-0.15, -0.1) is 21.5 Å². The number of nitrogens with one attached hydrogen (secondary N) is 2. The lowest BCUT2D eigenvalue weighted by Crippen LogP contribution is -2.17. The van der Waals surface area contributed by atoms with Gasteiger partial charge in [-0.3, -0.25) is 14.6 Å². The number of H-pyrrole nitrogens is 1. The predicted molar refractivity (Wildman–Crippen MR) is 98.1 cm³/mol. The van der Waals surface area contributed by atoms with Gasteiger partial charge in [0.05, 0.1) is 5.75 Å². The van der Waals surface area contributed by atoms with E-state index < -0.39 is 0 Å². The Labute approximate surface area is 156 Å². The summed E-state index contributed by atoms with van der Waals surface area (Å²) in [5, 5.41) is 11.0. The van der Waals surface area contributed by atoms with Crippen molar-refractivity contribution in [1.29, 1.82) is 0 Å². The van der Waals surface area contributed by atoms with E-state index >= 15 is 0 Å². The van der Waals surface area contributed by atoms with Crippen LogP contribution in [-0.2, 0) is 11.2 Å². The average molecular weight is 391 g/mol. The number of aromatic nitrogens is 4. The van der Waals surface area contributed by atoms with Crippen LogP contribution in [0.25, 0.3) is 0 Å². The summed E-state index contributed by atoms with van der Waals surface area (Å²) < 4.78 is 12.9. The van der Waals surface area contributed by atoms with E-state index in [9.17, 15) is 14.0 Å². The topological polar surface area (TPSA) is 101 Å². The second-order valence-electron chi connectivity index (χ2n) is 5.32. The molecule has 0 spiro atoms. The molecule has 3 aromatic rings. The molecule has 134 valence electrons. The van der Waals surface area contributed by atoms with Gasteiger partial charge < -0.3 is 5.32 Å². The van der Waals surface area contributed by atoms with Crippen LogP contribution in [0.4, 0.5) is 9.52 Å². The molecule has 0 saturated heterocycles. The molecule has 0 fully saturated rings. The number of rotatable bonds is 6. The highest BCUT2D eigenvalue weighted by atomic mass is 32.2. The van der Waals surface area contributed by atoms with E-state index in [0.29, 0.717) is 11.6 Å². The van der Waals surface area contributed by atoms with Crippen LogP contribution in [0, 0.1) is 12.7 Å². The van der Waals surface area contributed by atoms with Gasteiger partial charge in [0.15, 0.2) is 10.3 Å². The molecule has 26 heavy (non-hydrogen) atoms. The van der Waals surface area contributed by atoms with Gasteiger partial charge in [-0.05, 0) is 24.6 Å². The largest absolute Gasteiger partial charge is 0.301 e. The van der Waals surface area contributed by atoms with Crippen LogP contribution in [0.15, 0.2) is 40.4 Å². The van der Waals surface area contributed by atoms with E-state index in [2.05, 4.69) is 25.5 Å². The Hall–Kier alpha value is -2.59. The molecule has 0 bridgehead atoms. The number of amides is 1. The summed E-state index contributed by atoms with van der Waals surface area (Å²) in [6, 6.07) is 6.25. The highest BCUT2D eigenvalue weighted by Crippen LogP contribution is 2.22. The second kappa shape index (κ2) is 8.19. The molecule has 3 rings (SSSR count). The number of halogens is 1. The Morgan fingerprint density at radius 1 is 1.31 bits per heavy atom. The van der Waals surface area contributed by atoms with Crippen molar-refractivity contribution >= 4 is 34.1 Å². The lowest BCUT2D eigenvalue weighted by molar-refractivity contribution is -0.113. The van der Waals surface area contributed by atoms with Crippen molar-refractivity contribution in [2.75, 3.05) is 11.1 Å². The maximum absolute atomic E-state index is 12.9. The normalized spacial score (nSPS) is 10.7. The Morgan fingerprint density at radius 3 is 2.81 bits per heavy atom. The molecular formula is C16H14FN5O2S2. The standard InChI is InChI=1S/C16H14FN5O2S2/c1-9-14(24)20-16(22-21-9)25-8-13(23)19-15-18-7-12(26-15)6-10-2-4-11(17)5-3-10/h2-5,7H,6,8H2,1H3,(H,18,19,23)(H,20,22,24). The summed E-state index contributed by atoms with van der Waals surface area (Å²) in [6.45, 7) is 1.55. The summed E-state index contributed by atoms with van der Waals surface area (Å²) >= 11 is 2.44. The first-order valence-corrected chi connectivity index (χ1v) is 9.35. The lowest BCUT2D eigenvalue weighted by atomic mass is 10.1. The van der Waals surface area contributed by atoms with Crippen LogP contribution < -0.4 is 10.9 Å². The number of hydrogen-bond acceptors (Lipinski definition) is 7. The van der Waals surface area contributed by atoms with E-state index in [1.54, 1.807) is 25.3 Å². The fourth-order valence-corrected chi connectivity index (χ4v) is 3.45. The summed E-state index contributed by atoms with van der Waals surface area (Å²) in [6.07, 6.45) is 2.29. The van der Waals surface area contributed by atoms with E-state index in [-0.39, 0.29) is 33.9 Å². The minimum absolute atomic E-state index is 0.0700. The van der Waals surface area contributed by atoms with Gasteiger partial charge in [-0.1, -0.05) is 23.9 Å². The fourth-order valence-electron chi connectivity index (χ4n) is 1.98. The van der Waals surface area contributed by atoms with E-state index in [4.69, 9.17) is 0 Å². The molecule has 0 saturated carbocycles. The summed E-state index contributed by atoms with van der Waals surface area (Å²) in [7, 11) is 0. The highest BCUT2D eigenvalue weighted by Gasteiger charge is 2.10. The summed E-state index contributed by atoms with van der Waals surface area (Å²) in [4.78, 5) is 31.1. The molecule has 0 unspecified atom stereocenters. The van der Waals surface area contributed by atoms with Gasteiger partial charge in [0.25, 0.3) is 5.56 Å². The highest BCUT2D eigenvalue weighted by molar-refractivity contribution is 7.99. The van der Waals surface area contributed by atoms with Crippen LogP contribution in [-0.4, -0.2) is 31.8 Å². The summed E-state index contributed by atoms with van der Waals surface area (Å²) in [5.74, 6) is -0.468. The molecule has 0 aliphatic heterocycles. The molecule has 0 radical (unpaired) electrons. The number of benzene rings is 1. The Balaban J connectivity index is 1.53. The first-order chi connectivity index (χ1) is 12.5. The maximum Gasteiger partial charge on any atom is 0.273 e. The maximum atomic E-state index is 12.9. The van der Waals surface area contributed by atoms with Crippen LogP contribution in [0.2, 0.25) is 0 Å². The van der Waals surface area contributed by atoms with Gasteiger partial charge in [-0.25, -0.2) is 9.37 Å². The molecule has 1 amide bonds. The van der Waals surface area contributed by atoms with Crippen molar-refractivity contribution in [3.8, 4) is 0 Å². The van der Waals surface area contributed by atoms with Gasteiger partial charge in [-0.2, -0.15) is 0 Å². The number of carbonyl (C=O) groups is 1. The monoisotopic (exact) mass is 391 g/mol. The molecular weight excluding hydrogens is 377 g/mol. The van der Waals surface area contributed by atoms with Crippen molar-refractivity contribution < 1.29 is 9.18 Å². The van der Waals surface area contributed by atoms with Crippen molar-refractivity contribution in [1.82, 2.24) is 20.2 Å². The Morgan fingerprint density at radius 2 is 2.08 bits per heavy atom. The van der Waals surface area contributed by atoms with Crippen molar-refractivity contribution in [2.45, 2.75) is 18.5 Å². The lowest BCUT2D eigenvalue weighted by Gasteiger charge is -2.01. The zero-order valence-corrected chi connectivity index (χ0v) is 15.3. The van der Waals surface area contributed by atoms with Crippen LogP contribution in [0.1, 0.15) is 16.1 Å². The molecule has 1 aromatic carbocycles. The fraction of sp³-hybridized carbons (Fsp3) is 0.188. The third-order valence-electron chi connectivity index (χ3n) is 3.27. The third-order valence-corrected chi connectivity index (χ3v) is 5.05. The van der Waals surface area contributed by atoms with Gasteiger partial charge in [0, 0.05) is 17.5 Å². The van der Waals surface area contributed by atoms with Crippen molar-refractivity contribution in [3.63, 3.8) is 0 Å². The quantitative estimate of drug-likeness (QED) is 0.626. The third kappa shape index (κ3) is 4.96. The van der Waals surface area contributed by atoms with Crippen LogP contribution in [0.3, 0.4) is 0 Å². The molecule has 0 aliphatic rings. The number of thioether (sulfide) groups is 1. The van der Waals surface area contributed by atoms with E-state index in [1.807, 2.05) is 0 Å². The van der Waals surface area contributed by atoms with Crippen LogP contribution in [0.5, 0.6) is 0 Å². The van der Waals surface area contributed by atoms with Crippen LogP contribution >= 0.6 is 23.1 Å². The molecule has 0 aliphatic carbocycles.